The molecule has 0 saturated carbocycles. The van der Waals surface area contributed by atoms with E-state index >= 15 is 0 Å². The van der Waals surface area contributed by atoms with Gasteiger partial charge in [0.2, 0.25) is 6.79 Å². The van der Waals surface area contributed by atoms with Gasteiger partial charge in [-0.3, -0.25) is 9.79 Å². The molecule has 0 fully saturated rings. The van der Waals surface area contributed by atoms with E-state index in [1.165, 1.54) is 0 Å². The number of fused-ring (bicyclic) bond motifs is 3. The molecular weight excluding hydrogens is 418 g/mol. The molecule has 7 heteroatoms. The minimum Gasteiger partial charge on any atom is -0.506 e. The highest BCUT2D eigenvalue weighted by atomic mass is 16.7. The number of benzene rings is 3. The second-order valence-electron chi connectivity index (χ2n) is 8.19. The fourth-order valence-corrected chi connectivity index (χ4v) is 4.54. The van der Waals surface area contributed by atoms with Gasteiger partial charge in [-0.25, -0.2) is 0 Å². The van der Waals surface area contributed by atoms with E-state index in [9.17, 15) is 9.90 Å². The number of aromatic nitrogens is 1. The van der Waals surface area contributed by atoms with Gasteiger partial charge < -0.3 is 24.5 Å². The first-order valence-electron chi connectivity index (χ1n) is 10.7. The third-order valence-electron chi connectivity index (χ3n) is 6.25. The van der Waals surface area contributed by atoms with Gasteiger partial charge in [0, 0.05) is 18.9 Å². The summed E-state index contributed by atoms with van der Waals surface area (Å²) in [5, 5.41) is 15.3. The maximum Gasteiger partial charge on any atom is 0.263 e. The van der Waals surface area contributed by atoms with Gasteiger partial charge in [-0.15, -0.1) is 0 Å². The van der Waals surface area contributed by atoms with E-state index in [-0.39, 0.29) is 29.7 Å². The monoisotopic (exact) mass is 439 g/mol. The second kappa shape index (κ2) is 7.41. The van der Waals surface area contributed by atoms with Crippen LogP contribution in [0.2, 0.25) is 0 Å². The van der Waals surface area contributed by atoms with Crippen molar-refractivity contribution in [3.05, 3.63) is 88.2 Å². The highest BCUT2D eigenvalue weighted by Gasteiger charge is 2.27. The molecule has 164 valence electrons. The molecule has 3 aromatic carbocycles. The number of anilines is 1. The summed E-state index contributed by atoms with van der Waals surface area (Å²) in [5.74, 6) is 1.36. The molecule has 1 atom stereocenters. The summed E-state index contributed by atoms with van der Waals surface area (Å²) in [7, 11) is 1.71. The largest absolute Gasteiger partial charge is 0.506 e. The van der Waals surface area contributed by atoms with E-state index in [2.05, 4.69) is 5.32 Å². The van der Waals surface area contributed by atoms with E-state index in [1.807, 2.05) is 66.7 Å². The van der Waals surface area contributed by atoms with Crippen LogP contribution < -0.4 is 20.3 Å². The number of rotatable bonds is 2. The number of hydrogen-bond acceptors (Lipinski definition) is 6. The molecule has 0 amide bonds. The van der Waals surface area contributed by atoms with Crippen molar-refractivity contribution >= 4 is 28.0 Å². The lowest BCUT2D eigenvalue weighted by Crippen LogP contribution is -2.26. The van der Waals surface area contributed by atoms with Crippen LogP contribution in [0, 0.1) is 0 Å². The van der Waals surface area contributed by atoms with E-state index in [4.69, 9.17) is 14.5 Å². The number of hydrogen-bond donors (Lipinski definition) is 2. The number of aromatic hydroxyl groups is 1. The van der Waals surface area contributed by atoms with Crippen LogP contribution in [0.15, 0.2) is 76.5 Å². The third kappa shape index (κ3) is 3.12. The van der Waals surface area contributed by atoms with Gasteiger partial charge in [-0.2, -0.15) is 0 Å². The van der Waals surface area contributed by atoms with Crippen LogP contribution in [-0.4, -0.2) is 22.2 Å². The van der Waals surface area contributed by atoms with E-state index in [1.54, 1.807) is 11.6 Å². The molecule has 33 heavy (non-hydrogen) atoms. The van der Waals surface area contributed by atoms with Gasteiger partial charge in [-0.1, -0.05) is 30.3 Å². The van der Waals surface area contributed by atoms with Crippen LogP contribution in [-0.2, 0) is 7.05 Å². The zero-order valence-corrected chi connectivity index (χ0v) is 17.9. The predicted molar refractivity (Wildman–Crippen MR) is 127 cm³/mol. The van der Waals surface area contributed by atoms with Gasteiger partial charge in [0.05, 0.1) is 28.6 Å². The molecule has 1 unspecified atom stereocenters. The number of ether oxygens (including phenoxy) is 2. The van der Waals surface area contributed by atoms with Gasteiger partial charge >= 0.3 is 0 Å². The Hall–Kier alpha value is -4.26. The molecule has 2 aliphatic rings. The lowest BCUT2D eigenvalue weighted by molar-refractivity contribution is 0.174. The summed E-state index contributed by atoms with van der Waals surface area (Å²) in [6.07, 6.45) is 0.398. The lowest BCUT2D eigenvalue weighted by Gasteiger charge is -2.20. The first-order chi connectivity index (χ1) is 16.1. The predicted octanol–water partition coefficient (Wildman–Crippen LogP) is 4.65. The number of aryl methyl sites for hydroxylation is 1. The summed E-state index contributed by atoms with van der Waals surface area (Å²) >= 11 is 0. The lowest BCUT2D eigenvalue weighted by atomic mass is 9.96. The number of nitrogens with zero attached hydrogens (tertiary/aromatic N) is 2. The quantitative estimate of drug-likeness (QED) is 0.475. The van der Waals surface area contributed by atoms with Crippen molar-refractivity contribution in [2.45, 2.75) is 12.5 Å². The van der Waals surface area contributed by atoms with Crippen LogP contribution in [0.25, 0.3) is 10.9 Å². The molecule has 0 spiro atoms. The average molecular weight is 439 g/mol. The maximum absolute atomic E-state index is 13.4. The van der Waals surface area contributed by atoms with Crippen molar-refractivity contribution in [2.24, 2.45) is 12.0 Å². The minimum absolute atomic E-state index is 0.0451. The zero-order chi connectivity index (χ0) is 22.5. The van der Waals surface area contributed by atoms with Crippen molar-refractivity contribution < 1.29 is 14.6 Å². The van der Waals surface area contributed by atoms with Gasteiger partial charge in [0.1, 0.15) is 11.3 Å². The summed E-state index contributed by atoms with van der Waals surface area (Å²) in [6.45, 7) is 0.202. The molecular formula is C26H21N3O4. The highest BCUT2D eigenvalue weighted by Crippen LogP contribution is 2.40. The average Bonchev–Trinajstić information content (AvgIpc) is 3.22. The van der Waals surface area contributed by atoms with E-state index in [0.717, 1.165) is 11.3 Å². The van der Waals surface area contributed by atoms with Gasteiger partial charge in [0.15, 0.2) is 11.5 Å². The highest BCUT2D eigenvalue weighted by molar-refractivity contribution is 6.09. The Morgan fingerprint density at radius 1 is 1.03 bits per heavy atom. The Labute approximate surface area is 189 Å². The maximum atomic E-state index is 13.4. The summed E-state index contributed by atoms with van der Waals surface area (Å²) in [5.41, 5.74) is 3.68. The molecule has 1 aromatic heterocycles. The van der Waals surface area contributed by atoms with Crippen LogP contribution in [0.5, 0.6) is 17.2 Å². The van der Waals surface area contributed by atoms with E-state index in [0.29, 0.717) is 40.2 Å². The smallest absolute Gasteiger partial charge is 0.263 e. The van der Waals surface area contributed by atoms with Crippen LogP contribution in [0.3, 0.4) is 0 Å². The van der Waals surface area contributed by atoms with Gasteiger partial charge in [0.25, 0.3) is 5.56 Å². The zero-order valence-electron chi connectivity index (χ0n) is 17.9. The standard InChI is InChI=1S/C26H21N3O4/c1-29-21-9-5-2-6-16(21)25(30)24(26(29)31)20-13-19(27-17-7-3-4-8-18(17)28-20)15-10-11-22-23(12-15)33-14-32-22/h2-12,19,27,30H,13-14H2,1H3. The molecule has 0 aliphatic carbocycles. The molecule has 7 nitrogen and oxygen atoms in total. The third-order valence-corrected chi connectivity index (χ3v) is 6.25. The number of para-hydroxylation sites is 3. The van der Waals surface area contributed by atoms with Crippen molar-refractivity contribution in [1.82, 2.24) is 4.57 Å². The Morgan fingerprint density at radius 2 is 1.82 bits per heavy atom. The molecule has 2 N–H and O–H groups in total. The Balaban J connectivity index is 1.54. The van der Waals surface area contributed by atoms with Crippen molar-refractivity contribution in [3.8, 4) is 17.2 Å². The van der Waals surface area contributed by atoms with Crippen molar-refractivity contribution in [3.63, 3.8) is 0 Å². The van der Waals surface area contributed by atoms with Gasteiger partial charge in [-0.05, 0) is 42.0 Å². The first kappa shape index (κ1) is 19.4. The minimum atomic E-state index is -0.284. The Bertz CT molecular complexity index is 1510. The Morgan fingerprint density at radius 3 is 2.73 bits per heavy atom. The second-order valence-corrected chi connectivity index (χ2v) is 8.19. The molecule has 4 aromatic rings. The molecule has 6 rings (SSSR count). The number of nitrogens with one attached hydrogen (secondary N) is 1. The van der Waals surface area contributed by atoms with Crippen molar-refractivity contribution in [1.29, 1.82) is 0 Å². The van der Waals surface area contributed by atoms with Crippen LogP contribution in [0.1, 0.15) is 23.6 Å². The SMILES string of the molecule is Cn1c(=O)c(C2=Nc3ccccc3NC(c3ccc4c(c3)OCO4)C2)c(O)c2ccccc21. The topological polar surface area (TPSA) is 85.1 Å². The van der Waals surface area contributed by atoms with Crippen LogP contribution in [0.4, 0.5) is 11.4 Å². The fraction of sp³-hybridized carbons (Fsp3) is 0.154. The summed E-state index contributed by atoms with van der Waals surface area (Å²) in [4.78, 5) is 18.2. The molecule has 2 aliphatic heterocycles. The molecule has 0 radical (unpaired) electrons. The molecule has 0 bridgehead atoms. The number of pyridine rings is 1. The first-order valence-corrected chi connectivity index (χ1v) is 10.7. The van der Waals surface area contributed by atoms with Crippen molar-refractivity contribution in [2.75, 3.05) is 12.1 Å². The summed E-state index contributed by atoms with van der Waals surface area (Å²) < 4.78 is 12.6. The molecule has 3 heterocycles. The number of aliphatic imine (C=N–C) groups is 1. The normalized spacial score (nSPS) is 16.6. The Kier molecular flexibility index (Phi) is 4.36. The fourth-order valence-electron chi connectivity index (χ4n) is 4.54. The molecule has 0 saturated heterocycles. The van der Waals surface area contributed by atoms with E-state index < -0.39 is 0 Å². The van der Waals surface area contributed by atoms with Crippen LogP contribution >= 0.6 is 0 Å². The summed E-state index contributed by atoms with van der Waals surface area (Å²) in [6, 6.07) is 20.6.